The highest BCUT2D eigenvalue weighted by atomic mass is 16.7. The number of aryl methyl sites for hydroxylation is 1. The zero-order chi connectivity index (χ0) is 11.7. The third kappa shape index (κ3) is 2.00. The standard InChI is InChI=1S/C11H15N3O3/c15-11(14-5-1-2-7-17-14)9-8-10-13(12-9)4-3-6-16-10/h8H,1-7H2. The zero-order valence-corrected chi connectivity index (χ0v) is 9.59. The maximum Gasteiger partial charge on any atom is 0.298 e. The number of hydrogen-bond donors (Lipinski definition) is 0. The van der Waals surface area contributed by atoms with Crippen molar-refractivity contribution >= 4 is 5.91 Å². The van der Waals surface area contributed by atoms with Crippen LogP contribution in [0.4, 0.5) is 0 Å². The Hall–Kier alpha value is -1.56. The van der Waals surface area contributed by atoms with Gasteiger partial charge in [-0.3, -0.25) is 9.63 Å². The van der Waals surface area contributed by atoms with Crippen LogP contribution < -0.4 is 4.74 Å². The van der Waals surface area contributed by atoms with Crippen LogP contribution in [0.5, 0.6) is 5.88 Å². The third-order valence-corrected chi connectivity index (χ3v) is 2.96. The molecular formula is C11H15N3O3. The Morgan fingerprint density at radius 1 is 1.24 bits per heavy atom. The molecule has 17 heavy (non-hydrogen) atoms. The fourth-order valence-electron chi connectivity index (χ4n) is 2.06. The monoisotopic (exact) mass is 237 g/mol. The van der Waals surface area contributed by atoms with E-state index in [1.165, 1.54) is 5.06 Å². The molecule has 0 atom stereocenters. The molecule has 0 radical (unpaired) electrons. The fraction of sp³-hybridized carbons (Fsp3) is 0.636. The molecule has 6 nitrogen and oxygen atoms in total. The first-order valence-corrected chi connectivity index (χ1v) is 6.00. The summed E-state index contributed by atoms with van der Waals surface area (Å²) in [5.74, 6) is 0.506. The normalized spacial score (nSPS) is 19.6. The first kappa shape index (κ1) is 10.6. The average Bonchev–Trinajstić information content (AvgIpc) is 2.82. The first-order chi connectivity index (χ1) is 8.34. The number of amides is 1. The molecule has 1 fully saturated rings. The highest BCUT2D eigenvalue weighted by Gasteiger charge is 2.24. The van der Waals surface area contributed by atoms with Gasteiger partial charge in [-0.2, -0.15) is 5.10 Å². The summed E-state index contributed by atoms with van der Waals surface area (Å²) in [5, 5.41) is 5.65. The summed E-state index contributed by atoms with van der Waals surface area (Å²) in [6, 6.07) is 1.69. The van der Waals surface area contributed by atoms with Crippen LogP contribution in [0.15, 0.2) is 6.07 Å². The molecule has 0 saturated carbocycles. The highest BCUT2D eigenvalue weighted by molar-refractivity contribution is 5.91. The number of rotatable bonds is 1. The molecule has 0 bridgehead atoms. The van der Waals surface area contributed by atoms with Crippen molar-refractivity contribution in [3.63, 3.8) is 0 Å². The molecule has 2 aliphatic rings. The van der Waals surface area contributed by atoms with Crippen LogP contribution in [-0.2, 0) is 11.4 Å². The highest BCUT2D eigenvalue weighted by Crippen LogP contribution is 2.20. The van der Waals surface area contributed by atoms with E-state index in [-0.39, 0.29) is 5.91 Å². The molecule has 1 aromatic heterocycles. The smallest absolute Gasteiger partial charge is 0.298 e. The van der Waals surface area contributed by atoms with Gasteiger partial charge >= 0.3 is 0 Å². The van der Waals surface area contributed by atoms with Gasteiger partial charge < -0.3 is 4.74 Å². The number of carbonyl (C=O) groups is 1. The second-order valence-corrected chi connectivity index (χ2v) is 4.24. The third-order valence-electron chi connectivity index (χ3n) is 2.96. The van der Waals surface area contributed by atoms with Gasteiger partial charge in [0.25, 0.3) is 5.91 Å². The molecule has 3 heterocycles. The second kappa shape index (κ2) is 4.37. The van der Waals surface area contributed by atoms with E-state index in [2.05, 4.69) is 5.10 Å². The predicted octanol–water partition coefficient (Wildman–Crippen LogP) is 0.833. The topological polar surface area (TPSA) is 56.6 Å². The molecule has 0 aromatic carbocycles. The maximum atomic E-state index is 12.1. The zero-order valence-electron chi connectivity index (χ0n) is 9.59. The lowest BCUT2D eigenvalue weighted by atomic mass is 10.3. The number of nitrogens with zero attached hydrogens (tertiary/aromatic N) is 3. The Kier molecular flexibility index (Phi) is 2.72. The lowest BCUT2D eigenvalue weighted by molar-refractivity contribution is -0.144. The van der Waals surface area contributed by atoms with Crippen LogP contribution in [0, 0.1) is 0 Å². The van der Waals surface area contributed by atoms with Crippen molar-refractivity contribution < 1.29 is 14.4 Å². The average molecular weight is 237 g/mol. The van der Waals surface area contributed by atoms with E-state index in [0.717, 1.165) is 25.8 Å². The maximum absolute atomic E-state index is 12.1. The van der Waals surface area contributed by atoms with Gasteiger partial charge in [0, 0.05) is 25.6 Å². The van der Waals surface area contributed by atoms with Crippen molar-refractivity contribution in [1.29, 1.82) is 0 Å². The molecule has 1 aromatic rings. The van der Waals surface area contributed by atoms with Crippen LogP contribution in [0.2, 0.25) is 0 Å². The molecule has 0 aliphatic carbocycles. The summed E-state index contributed by atoms with van der Waals surface area (Å²) < 4.78 is 7.17. The summed E-state index contributed by atoms with van der Waals surface area (Å²) in [4.78, 5) is 17.4. The molecular weight excluding hydrogens is 222 g/mol. The van der Waals surface area contributed by atoms with Crippen molar-refractivity contribution in [3.05, 3.63) is 11.8 Å². The Balaban J connectivity index is 1.78. The Bertz CT molecular complexity index is 400. The number of hydroxylamine groups is 2. The first-order valence-electron chi connectivity index (χ1n) is 6.00. The van der Waals surface area contributed by atoms with E-state index < -0.39 is 0 Å². The van der Waals surface area contributed by atoms with Gasteiger partial charge in [-0.25, -0.2) is 9.75 Å². The van der Waals surface area contributed by atoms with Gasteiger partial charge in [0.1, 0.15) is 0 Å². The fourth-order valence-corrected chi connectivity index (χ4v) is 2.06. The molecule has 0 N–H and O–H groups in total. The minimum atomic E-state index is -0.171. The quantitative estimate of drug-likeness (QED) is 0.726. The molecule has 6 heteroatoms. The lowest BCUT2D eigenvalue weighted by Gasteiger charge is -2.24. The van der Waals surface area contributed by atoms with Gasteiger partial charge in [-0.15, -0.1) is 0 Å². The van der Waals surface area contributed by atoms with Gasteiger partial charge in [0.05, 0.1) is 13.2 Å². The van der Waals surface area contributed by atoms with Gasteiger partial charge in [0.15, 0.2) is 5.69 Å². The number of ether oxygens (including phenoxy) is 1. The van der Waals surface area contributed by atoms with Crippen LogP contribution in [-0.4, -0.2) is 40.5 Å². The van der Waals surface area contributed by atoms with Crippen molar-refractivity contribution in [2.75, 3.05) is 19.8 Å². The van der Waals surface area contributed by atoms with E-state index in [4.69, 9.17) is 9.57 Å². The van der Waals surface area contributed by atoms with Crippen molar-refractivity contribution in [2.45, 2.75) is 25.8 Å². The Morgan fingerprint density at radius 2 is 2.18 bits per heavy atom. The van der Waals surface area contributed by atoms with Crippen LogP contribution in [0.3, 0.4) is 0 Å². The second-order valence-electron chi connectivity index (χ2n) is 4.24. The Morgan fingerprint density at radius 3 is 2.94 bits per heavy atom. The molecule has 0 spiro atoms. The van der Waals surface area contributed by atoms with Gasteiger partial charge in [-0.05, 0) is 12.8 Å². The summed E-state index contributed by atoms with van der Waals surface area (Å²) in [5.41, 5.74) is 0.406. The number of fused-ring (bicyclic) bond motifs is 1. The van der Waals surface area contributed by atoms with Crippen molar-refractivity contribution in [2.24, 2.45) is 0 Å². The molecule has 92 valence electrons. The summed E-state index contributed by atoms with van der Waals surface area (Å²) >= 11 is 0. The molecule has 3 rings (SSSR count). The van der Waals surface area contributed by atoms with Gasteiger partial charge in [0.2, 0.25) is 5.88 Å². The lowest BCUT2D eigenvalue weighted by Crippen LogP contribution is -2.36. The van der Waals surface area contributed by atoms with Crippen LogP contribution in [0.1, 0.15) is 29.8 Å². The molecule has 2 aliphatic heterocycles. The van der Waals surface area contributed by atoms with Gasteiger partial charge in [-0.1, -0.05) is 0 Å². The van der Waals surface area contributed by atoms with Crippen molar-refractivity contribution in [1.82, 2.24) is 14.8 Å². The van der Waals surface area contributed by atoms with E-state index in [9.17, 15) is 4.79 Å². The van der Waals surface area contributed by atoms with E-state index in [1.807, 2.05) is 0 Å². The molecule has 1 saturated heterocycles. The molecule has 1 amide bonds. The molecule has 0 unspecified atom stereocenters. The predicted molar refractivity (Wildman–Crippen MR) is 58.6 cm³/mol. The minimum absolute atomic E-state index is 0.171. The van der Waals surface area contributed by atoms with E-state index in [0.29, 0.717) is 31.3 Å². The largest absolute Gasteiger partial charge is 0.478 e. The Labute approximate surface area is 99.0 Å². The van der Waals surface area contributed by atoms with Crippen LogP contribution >= 0.6 is 0 Å². The number of aromatic nitrogens is 2. The summed E-state index contributed by atoms with van der Waals surface area (Å²) in [6.45, 7) is 2.75. The SMILES string of the molecule is O=C(c1cc2n(n1)CCCO2)N1CCCCO1. The summed E-state index contributed by atoms with van der Waals surface area (Å²) in [7, 11) is 0. The van der Waals surface area contributed by atoms with E-state index >= 15 is 0 Å². The van der Waals surface area contributed by atoms with E-state index in [1.54, 1.807) is 10.7 Å². The number of carbonyl (C=O) groups excluding carboxylic acids is 1. The van der Waals surface area contributed by atoms with Crippen molar-refractivity contribution in [3.8, 4) is 5.88 Å². The number of hydrogen-bond acceptors (Lipinski definition) is 4. The van der Waals surface area contributed by atoms with Crippen LogP contribution in [0.25, 0.3) is 0 Å². The summed E-state index contributed by atoms with van der Waals surface area (Å²) in [6.07, 6.45) is 2.92. The minimum Gasteiger partial charge on any atom is -0.478 e.